The molecular weight excluding hydrogens is 1080 g/mol. The Morgan fingerprint density at radius 3 is 0.325 bits per heavy atom. The van der Waals surface area contributed by atoms with Gasteiger partial charge in [-0.1, -0.05) is 388 Å². The second-order valence-corrected chi connectivity index (χ2v) is 21.9. The van der Waals surface area contributed by atoms with E-state index in [4.69, 9.17) is 0 Å². The fraction of sp³-hybridized carbons (Fsp3) is 0.0380. The van der Waals surface area contributed by atoms with Crippen molar-refractivity contribution in [3.63, 3.8) is 0 Å². The molecule has 2 aliphatic rings. The monoisotopic (exact) mass is 1150 g/mol. The molecule has 0 saturated carbocycles. The summed E-state index contributed by atoms with van der Waals surface area (Å²) >= 11 is 0. The van der Waals surface area contributed by atoms with Crippen LogP contribution in [0.3, 0.4) is 0 Å². The molecule has 0 amide bonds. The SMILES string of the molecule is C1=CC2C=CC1C2.[Rh+3].c1ccc([B-](c2ccccc2)(c2ccccc2)c2ccccc2)cc1.c1ccc([B-](c2ccccc2)(c2ccccc2)c2ccccc2)cc1.c1ccc([B-](c2ccccc2)(c2ccccc2)c2ccccc2)cc1. The molecule has 12 aromatic rings. The summed E-state index contributed by atoms with van der Waals surface area (Å²) < 4.78 is 0. The molecule has 0 aromatic heterocycles. The van der Waals surface area contributed by atoms with E-state index in [1.165, 1.54) is 72.0 Å². The van der Waals surface area contributed by atoms with Crippen LogP contribution < -0.4 is 65.6 Å². The van der Waals surface area contributed by atoms with Gasteiger partial charge in [0.1, 0.15) is 18.4 Å². The van der Waals surface area contributed by atoms with Crippen LogP contribution >= 0.6 is 0 Å². The average molecular weight is 1150 g/mol. The van der Waals surface area contributed by atoms with Crippen LogP contribution in [0.2, 0.25) is 0 Å². The van der Waals surface area contributed by atoms with Crippen LogP contribution in [0, 0.1) is 11.8 Å². The first-order valence-electron chi connectivity index (χ1n) is 29.2. The van der Waals surface area contributed by atoms with Crippen molar-refractivity contribution in [3.05, 3.63) is 388 Å². The second-order valence-electron chi connectivity index (χ2n) is 21.9. The quantitative estimate of drug-likeness (QED) is 0.0845. The van der Waals surface area contributed by atoms with Gasteiger partial charge in [-0.25, -0.2) is 0 Å². The van der Waals surface area contributed by atoms with E-state index in [0.29, 0.717) is 0 Å². The number of benzene rings is 12. The van der Waals surface area contributed by atoms with Crippen LogP contribution in [0.5, 0.6) is 0 Å². The summed E-state index contributed by atoms with van der Waals surface area (Å²) in [5.41, 5.74) is 16.1. The standard InChI is InChI=1S/3C24H20B.C7H8.Rh/c3*1-5-13-21(14-6-1)25(22-15-7-2-8-16-22,23-17-9-3-10-18-23)24-19-11-4-12-20-24;1-2-7-4-3-6(1)5-7;/h3*1-20H;1-4,6-7H,5H2;/q3*-1;;+3. The van der Waals surface area contributed by atoms with E-state index in [0.717, 1.165) is 11.8 Å². The van der Waals surface area contributed by atoms with Crippen LogP contribution in [-0.2, 0) is 19.5 Å². The van der Waals surface area contributed by atoms with E-state index in [2.05, 4.69) is 388 Å². The van der Waals surface area contributed by atoms with E-state index < -0.39 is 18.4 Å². The van der Waals surface area contributed by atoms with E-state index in [1.807, 2.05) is 0 Å². The maximum atomic E-state index is 2.30. The second kappa shape index (κ2) is 28.1. The van der Waals surface area contributed by atoms with Gasteiger partial charge in [-0.15, -0.1) is 0 Å². The number of hydrogen-bond donors (Lipinski definition) is 0. The van der Waals surface area contributed by atoms with Crippen molar-refractivity contribution in [2.75, 3.05) is 0 Å². The zero-order chi connectivity index (χ0) is 55.5. The van der Waals surface area contributed by atoms with E-state index in [-0.39, 0.29) is 19.5 Å². The van der Waals surface area contributed by atoms with Gasteiger partial charge in [0.15, 0.2) is 0 Å². The molecule has 0 saturated heterocycles. The molecule has 0 aliphatic heterocycles. The van der Waals surface area contributed by atoms with Crippen LogP contribution in [0.25, 0.3) is 0 Å². The first kappa shape index (κ1) is 57.2. The summed E-state index contributed by atoms with van der Waals surface area (Å²) in [5.74, 6) is 1.62. The molecule has 0 unspecified atom stereocenters. The normalized spacial score (nSPS) is 13.8. The maximum absolute atomic E-state index is 2.30. The van der Waals surface area contributed by atoms with Crippen LogP contribution in [0.15, 0.2) is 388 Å². The van der Waals surface area contributed by atoms with Crippen molar-refractivity contribution in [2.24, 2.45) is 11.8 Å². The largest absolute Gasteiger partial charge is 3.00 e. The molecule has 83 heavy (non-hydrogen) atoms. The van der Waals surface area contributed by atoms with Gasteiger partial charge in [-0.3, -0.25) is 0 Å². The summed E-state index contributed by atoms with van der Waals surface area (Å²) in [7, 11) is 0. The van der Waals surface area contributed by atoms with Crippen LogP contribution in [-0.4, -0.2) is 18.4 Å². The molecule has 0 atom stereocenters. The third kappa shape index (κ3) is 12.3. The Labute approximate surface area is 506 Å². The van der Waals surface area contributed by atoms with Gasteiger partial charge in [-0.2, -0.15) is 65.6 Å². The van der Waals surface area contributed by atoms with Crippen molar-refractivity contribution < 1.29 is 19.5 Å². The molecular formula is C79H68B3Rh. The Bertz CT molecular complexity index is 2940. The van der Waals surface area contributed by atoms with Crippen LogP contribution in [0.4, 0.5) is 0 Å². The molecule has 0 spiro atoms. The first-order chi connectivity index (χ1) is 40.7. The van der Waals surface area contributed by atoms with Crippen molar-refractivity contribution in [2.45, 2.75) is 6.42 Å². The zero-order valence-corrected chi connectivity index (χ0v) is 48.5. The Kier molecular flexibility index (Phi) is 19.3. The number of rotatable bonds is 12. The van der Waals surface area contributed by atoms with Gasteiger partial charge in [0.2, 0.25) is 0 Å². The first-order valence-corrected chi connectivity index (χ1v) is 29.2. The van der Waals surface area contributed by atoms with E-state index in [9.17, 15) is 0 Å². The van der Waals surface area contributed by atoms with Crippen molar-refractivity contribution in [3.8, 4) is 0 Å². The predicted octanol–water partition coefficient (Wildman–Crippen LogP) is 10.9. The molecule has 0 radical (unpaired) electrons. The van der Waals surface area contributed by atoms with Gasteiger partial charge < -0.3 is 0 Å². The zero-order valence-electron chi connectivity index (χ0n) is 46.9. The van der Waals surface area contributed by atoms with Crippen molar-refractivity contribution >= 4 is 84.0 Å². The van der Waals surface area contributed by atoms with Crippen molar-refractivity contribution in [1.82, 2.24) is 0 Å². The Hall–Kier alpha value is -9.06. The molecule has 402 valence electrons. The van der Waals surface area contributed by atoms with Crippen molar-refractivity contribution in [1.29, 1.82) is 0 Å². The molecule has 4 heteroatoms. The third-order valence-corrected chi connectivity index (χ3v) is 17.4. The predicted molar refractivity (Wildman–Crippen MR) is 360 cm³/mol. The topological polar surface area (TPSA) is 0 Å². The minimum absolute atomic E-state index is 0. The fourth-order valence-electron chi connectivity index (χ4n) is 13.7. The molecule has 0 nitrogen and oxygen atoms in total. The summed E-state index contributed by atoms with van der Waals surface area (Å²) in [5, 5.41) is 0. The smallest absolute Gasteiger partial charge is 0.195 e. The summed E-state index contributed by atoms with van der Waals surface area (Å²) in [4.78, 5) is 0. The van der Waals surface area contributed by atoms with Gasteiger partial charge in [0.05, 0.1) is 0 Å². The van der Waals surface area contributed by atoms with E-state index >= 15 is 0 Å². The Morgan fingerprint density at radius 2 is 0.253 bits per heavy atom. The fourth-order valence-corrected chi connectivity index (χ4v) is 13.7. The third-order valence-electron chi connectivity index (χ3n) is 17.4. The summed E-state index contributed by atoms with van der Waals surface area (Å²) in [6, 6.07) is 131. The molecule has 12 aromatic carbocycles. The minimum atomic E-state index is -1.22. The van der Waals surface area contributed by atoms with Gasteiger partial charge in [0.25, 0.3) is 0 Å². The van der Waals surface area contributed by atoms with Gasteiger partial charge >= 0.3 is 19.5 Å². The molecule has 0 fully saturated rings. The van der Waals surface area contributed by atoms with Gasteiger partial charge in [-0.05, 0) is 18.3 Å². The number of hydrogen-bond acceptors (Lipinski definition) is 0. The molecule has 2 aliphatic carbocycles. The molecule has 0 heterocycles. The van der Waals surface area contributed by atoms with Crippen LogP contribution in [0.1, 0.15) is 6.42 Å². The average Bonchev–Trinajstić information content (AvgIpc) is 4.39. The van der Waals surface area contributed by atoms with E-state index in [1.54, 1.807) is 0 Å². The molecule has 0 N–H and O–H groups in total. The Morgan fingerprint density at radius 1 is 0.157 bits per heavy atom. The summed E-state index contributed by atoms with van der Waals surface area (Å²) in [6.07, 6.45) is 6.90. The summed E-state index contributed by atoms with van der Waals surface area (Å²) in [6.45, 7) is 0. The minimum Gasteiger partial charge on any atom is -0.195 e. The number of fused-ring (bicyclic) bond motifs is 2. The van der Waals surface area contributed by atoms with Gasteiger partial charge in [0, 0.05) is 0 Å². The molecule has 14 rings (SSSR count). The maximum Gasteiger partial charge on any atom is 3.00 e. The Balaban J connectivity index is 0.000000130. The molecule has 2 bridgehead atoms. The number of allylic oxidation sites excluding steroid dienone is 4.